The summed E-state index contributed by atoms with van der Waals surface area (Å²) in [6.45, 7) is 4.48. The van der Waals surface area contributed by atoms with Crippen molar-refractivity contribution in [2.75, 3.05) is 11.9 Å². The van der Waals surface area contributed by atoms with Crippen LogP contribution < -0.4 is 5.32 Å². The summed E-state index contributed by atoms with van der Waals surface area (Å²) in [5, 5.41) is 3.06. The van der Waals surface area contributed by atoms with Crippen molar-refractivity contribution in [3.05, 3.63) is 30.3 Å². The fourth-order valence-corrected chi connectivity index (χ4v) is 3.04. The molecule has 0 aliphatic carbocycles. The Morgan fingerprint density at radius 1 is 0.800 bits per heavy atom. The number of hydrogen-bond acceptors (Lipinski definition) is 10. The molecule has 0 saturated carbocycles. The van der Waals surface area contributed by atoms with Gasteiger partial charge in [-0.15, -0.1) is 0 Å². The molecule has 0 spiro atoms. The van der Waals surface area contributed by atoms with Crippen LogP contribution in [0.2, 0.25) is 0 Å². The highest BCUT2D eigenvalue weighted by molar-refractivity contribution is 5.69. The van der Waals surface area contributed by atoms with Gasteiger partial charge in [-0.05, 0) is 12.1 Å². The molecule has 30 heavy (non-hydrogen) atoms. The maximum atomic E-state index is 11.8. The van der Waals surface area contributed by atoms with E-state index in [0.717, 1.165) is 0 Å². The van der Waals surface area contributed by atoms with E-state index in [9.17, 15) is 19.2 Å². The minimum absolute atomic E-state index is 0.273. The molecule has 1 aliphatic heterocycles. The Bertz CT molecular complexity index is 767. The number of benzene rings is 1. The Morgan fingerprint density at radius 3 is 1.87 bits per heavy atom. The molecule has 0 unspecified atom stereocenters. The van der Waals surface area contributed by atoms with Crippen LogP contribution in [0.1, 0.15) is 27.7 Å². The Balaban J connectivity index is 2.42. The van der Waals surface area contributed by atoms with Crippen molar-refractivity contribution in [1.82, 2.24) is 0 Å². The highest BCUT2D eigenvalue weighted by atomic mass is 16.7. The van der Waals surface area contributed by atoms with Gasteiger partial charge in [0.1, 0.15) is 12.7 Å². The fraction of sp³-hybridized carbons (Fsp3) is 0.500. The lowest BCUT2D eigenvalue weighted by Crippen LogP contribution is -2.64. The standard InChI is InChI=1S/C20H25NO9/c1-11(22)26-10-16-17(27-12(2)23)18(28-13(3)24)19(29-14(4)25)20(30-16)21-15-8-6-5-7-9-15/h5-9,16-21H,10H2,1-4H3/t16-,17-,18+,19+,20-/m1/s1. The quantitative estimate of drug-likeness (QED) is 0.504. The number of carbonyl (C=O) groups is 4. The second-order valence-electron chi connectivity index (χ2n) is 6.63. The molecule has 1 saturated heterocycles. The van der Waals surface area contributed by atoms with E-state index in [1.165, 1.54) is 27.7 Å². The van der Waals surface area contributed by atoms with E-state index in [4.69, 9.17) is 23.7 Å². The molecule has 1 heterocycles. The summed E-state index contributed by atoms with van der Waals surface area (Å²) in [4.78, 5) is 46.5. The van der Waals surface area contributed by atoms with Crippen LogP contribution in [0.15, 0.2) is 30.3 Å². The van der Waals surface area contributed by atoms with Crippen molar-refractivity contribution in [3.8, 4) is 0 Å². The fourth-order valence-electron chi connectivity index (χ4n) is 3.04. The van der Waals surface area contributed by atoms with Crippen molar-refractivity contribution in [2.45, 2.75) is 58.3 Å². The van der Waals surface area contributed by atoms with Crippen molar-refractivity contribution in [3.63, 3.8) is 0 Å². The number of rotatable bonds is 7. The maximum Gasteiger partial charge on any atom is 0.303 e. The van der Waals surface area contributed by atoms with Crippen LogP contribution >= 0.6 is 0 Å². The van der Waals surface area contributed by atoms with Gasteiger partial charge in [0.25, 0.3) is 0 Å². The highest BCUT2D eigenvalue weighted by Gasteiger charge is 2.52. The predicted octanol–water partition coefficient (Wildman–Crippen LogP) is 1.18. The number of hydrogen-bond donors (Lipinski definition) is 1. The lowest BCUT2D eigenvalue weighted by molar-refractivity contribution is -0.247. The van der Waals surface area contributed by atoms with Crippen molar-refractivity contribution < 1.29 is 42.9 Å². The number of para-hydroxylation sites is 1. The molecular formula is C20H25NO9. The number of ether oxygens (including phenoxy) is 5. The van der Waals surface area contributed by atoms with Crippen LogP contribution in [0.25, 0.3) is 0 Å². The van der Waals surface area contributed by atoms with E-state index >= 15 is 0 Å². The van der Waals surface area contributed by atoms with Crippen LogP contribution in [-0.4, -0.2) is 61.1 Å². The second-order valence-corrected chi connectivity index (χ2v) is 6.63. The molecule has 1 aliphatic rings. The summed E-state index contributed by atoms with van der Waals surface area (Å²) in [5.41, 5.74) is 0.637. The average molecular weight is 423 g/mol. The molecule has 5 atom stereocenters. The number of anilines is 1. The number of nitrogens with one attached hydrogen (secondary N) is 1. The molecule has 0 bridgehead atoms. The van der Waals surface area contributed by atoms with Crippen LogP contribution in [0, 0.1) is 0 Å². The second kappa shape index (κ2) is 10.6. The zero-order valence-corrected chi connectivity index (χ0v) is 17.2. The summed E-state index contributed by atoms with van der Waals surface area (Å²) in [6.07, 6.45) is -5.51. The molecule has 1 fully saturated rings. The largest absolute Gasteiger partial charge is 0.463 e. The van der Waals surface area contributed by atoms with Crippen molar-refractivity contribution in [1.29, 1.82) is 0 Å². The molecule has 0 radical (unpaired) electrons. The molecule has 1 aromatic carbocycles. The van der Waals surface area contributed by atoms with E-state index in [0.29, 0.717) is 5.69 Å². The predicted molar refractivity (Wildman–Crippen MR) is 102 cm³/mol. The molecular weight excluding hydrogens is 398 g/mol. The lowest BCUT2D eigenvalue weighted by Gasteiger charge is -2.44. The molecule has 164 valence electrons. The first-order valence-corrected chi connectivity index (χ1v) is 9.29. The molecule has 1 aromatic rings. The van der Waals surface area contributed by atoms with Gasteiger partial charge in [0, 0.05) is 33.4 Å². The van der Waals surface area contributed by atoms with E-state index < -0.39 is 54.5 Å². The summed E-state index contributed by atoms with van der Waals surface area (Å²) < 4.78 is 27.0. The van der Waals surface area contributed by atoms with Gasteiger partial charge in [0.05, 0.1) is 0 Å². The highest BCUT2D eigenvalue weighted by Crippen LogP contribution is 2.30. The van der Waals surface area contributed by atoms with E-state index in [1.807, 2.05) is 6.07 Å². The lowest BCUT2D eigenvalue weighted by atomic mass is 9.97. The van der Waals surface area contributed by atoms with Crippen LogP contribution in [-0.2, 0) is 42.9 Å². The molecule has 1 N–H and O–H groups in total. The molecule has 10 heteroatoms. The first-order chi connectivity index (χ1) is 14.2. The van der Waals surface area contributed by atoms with Gasteiger partial charge in [-0.2, -0.15) is 0 Å². The van der Waals surface area contributed by atoms with Gasteiger partial charge in [0.2, 0.25) is 0 Å². The topological polar surface area (TPSA) is 126 Å². The average Bonchev–Trinajstić information content (AvgIpc) is 2.64. The SMILES string of the molecule is CC(=O)OC[C@H]1O[C@@H](Nc2ccccc2)[C@@H](OC(C)=O)[C@@H](OC(C)=O)[C@@H]1OC(C)=O. The minimum atomic E-state index is -1.20. The third-order valence-corrected chi connectivity index (χ3v) is 4.07. The van der Waals surface area contributed by atoms with Gasteiger partial charge >= 0.3 is 23.9 Å². The third kappa shape index (κ3) is 6.73. The van der Waals surface area contributed by atoms with Gasteiger partial charge < -0.3 is 29.0 Å². The molecule has 0 aromatic heterocycles. The number of carbonyl (C=O) groups excluding carboxylic acids is 4. The summed E-state index contributed by atoms with van der Waals surface area (Å²) in [5.74, 6) is -2.58. The monoisotopic (exact) mass is 423 g/mol. The molecule has 10 nitrogen and oxygen atoms in total. The van der Waals surface area contributed by atoms with Crippen LogP contribution in [0.5, 0.6) is 0 Å². The van der Waals surface area contributed by atoms with E-state index in [1.54, 1.807) is 24.3 Å². The summed E-state index contributed by atoms with van der Waals surface area (Å²) in [6, 6.07) is 8.90. The Morgan fingerprint density at radius 2 is 1.33 bits per heavy atom. The van der Waals surface area contributed by atoms with Gasteiger partial charge in [-0.3, -0.25) is 19.2 Å². The van der Waals surface area contributed by atoms with E-state index in [2.05, 4.69) is 5.32 Å². The maximum absolute atomic E-state index is 11.8. The minimum Gasteiger partial charge on any atom is -0.463 e. The first-order valence-electron chi connectivity index (χ1n) is 9.29. The summed E-state index contributed by atoms with van der Waals surface area (Å²) >= 11 is 0. The smallest absolute Gasteiger partial charge is 0.303 e. The van der Waals surface area contributed by atoms with Gasteiger partial charge in [-0.25, -0.2) is 0 Å². The van der Waals surface area contributed by atoms with Crippen LogP contribution in [0.3, 0.4) is 0 Å². The third-order valence-electron chi connectivity index (χ3n) is 4.07. The van der Waals surface area contributed by atoms with E-state index in [-0.39, 0.29) is 6.61 Å². The molecule has 2 rings (SSSR count). The number of esters is 4. The van der Waals surface area contributed by atoms with Crippen molar-refractivity contribution >= 4 is 29.6 Å². The first kappa shape index (κ1) is 23.1. The molecule has 0 amide bonds. The normalized spacial score (nSPS) is 25.5. The van der Waals surface area contributed by atoms with Gasteiger partial charge in [0.15, 0.2) is 24.5 Å². The van der Waals surface area contributed by atoms with Crippen LogP contribution in [0.4, 0.5) is 5.69 Å². The van der Waals surface area contributed by atoms with Crippen molar-refractivity contribution in [2.24, 2.45) is 0 Å². The summed E-state index contributed by atoms with van der Waals surface area (Å²) in [7, 11) is 0. The Kier molecular flexibility index (Phi) is 8.16. The van der Waals surface area contributed by atoms with Gasteiger partial charge in [-0.1, -0.05) is 18.2 Å². The zero-order valence-electron chi connectivity index (χ0n) is 17.2. The Hall–Kier alpha value is -3.14. The zero-order chi connectivity index (χ0) is 22.3. The Labute approximate surface area is 173 Å².